The van der Waals surface area contributed by atoms with Crippen molar-refractivity contribution in [3.63, 3.8) is 0 Å². The Bertz CT molecular complexity index is 800. The smallest absolute Gasteiger partial charge is 0.283 e. The summed E-state index contributed by atoms with van der Waals surface area (Å²) < 4.78 is 5.21. The van der Waals surface area contributed by atoms with Gasteiger partial charge in [0.15, 0.2) is 0 Å². The highest BCUT2D eigenvalue weighted by molar-refractivity contribution is 6.31. The maximum absolute atomic E-state index is 12.0. The first-order chi connectivity index (χ1) is 10.8. The predicted octanol–water partition coefficient (Wildman–Crippen LogP) is 2.53. The number of hydrogen-bond donors (Lipinski definition) is 2. The zero-order chi connectivity index (χ0) is 17.1. The van der Waals surface area contributed by atoms with E-state index in [-0.39, 0.29) is 16.1 Å². The van der Waals surface area contributed by atoms with Crippen LogP contribution in [0.5, 0.6) is 0 Å². The number of rotatable bonds is 3. The molecule has 0 aliphatic rings. The first-order valence-corrected chi connectivity index (χ1v) is 6.79. The van der Waals surface area contributed by atoms with Crippen LogP contribution in [0.1, 0.15) is 32.2 Å². The van der Waals surface area contributed by atoms with Crippen LogP contribution >= 0.6 is 11.6 Å². The Balaban J connectivity index is 2.13. The van der Waals surface area contributed by atoms with E-state index in [9.17, 15) is 19.7 Å². The molecule has 0 bridgehead atoms. The second-order valence-corrected chi connectivity index (χ2v) is 5.09. The number of hydrogen-bond acceptors (Lipinski definition) is 5. The lowest BCUT2D eigenvalue weighted by atomic mass is 10.1. The highest BCUT2D eigenvalue weighted by Gasteiger charge is 2.21. The second-order valence-electron chi connectivity index (χ2n) is 4.65. The third kappa shape index (κ3) is 3.67. The Labute approximate surface area is 135 Å². The quantitative estimate of drug-likeness (QED) is 0.659. The average Bonchev–Trinajstić information content (AvgIpc) is 2.83. The van der Waals surface area contributed by atoms with Gasteiger partial charge in [-0.05, 0) is 32.0 Å². The summed E-state index contributed by atoms with van der Waals surface area (Å²) in [6.45, 7) is 3.28. The molecule has 0 saturated heterocycles. The minimum Gasteiger partial charge on any atom is -0.466 e. The molecule has 0 radical (unpaired) electrons. The Hall–Kier alpha value is -2.87. The van der Waals surface area contributed by atoms with Crippen LogP contribution in [0.3, 0.4) is 0 Å². The molecule has 0 aliphatic carbocycles. The summed E-state index contributed by atoms with van der Waals surface area (Å²) in [7, 11) is 0. The molecule has 23 heavy (non-hydrogen) atoms. The van der Waals surface area contributed by atoms with Crippen molar-refractivity contribution in [3.8, 4) is 0 Å². The van der Waals surface area contributed by atoms with Crippen LogP contribution in [0.15, 0.2) is 28.7 Å². The number of benzene rings is 1. The van der Waals surface area contributed by atoms with Crippen LogP contribution in [0.2, 0.25) is 5.02 Å². The van der Waals surface area contributed by atoms with Crippen molar-refractivity contribution in [1.29, 1.82) is 0 Å². The number of carbonyl (C=O) groups is 2. The number of furan rings is 1. The summed E-state index contributed by atoms with van der Waals surface area (Å²) in [6, 6.07) is 5.12. The molecule has 0 aliphatic heterocycles. The molecular formula is C14H12ClN3O5. The number of aryl methyl sites for hydroxylation is 2. The van der Waals surface area contributed by atoms with Gasteiger partial charge in [0.2, 0.25) is 0 Å². The van der Waals surface area contributed by atoms with Crippen molar-refractivity contribution >= 4 is 29.1 Å². The molecule has 2 aromatic rings. The lowest BCUT2D eigenvalue weighted by molar-refractivity contribution is -0.385. The molecule has 1 aromatic heterocycles. The van der Waals surface area contributed by atoms with Gasteiger partial charge in [-0.15, -0.1) is 0 Å². The van der Waals surface area contributed by atoms with Crippen molar-refractivity contribution in [3.05, 3.63) is 62.0 Å². The fraction of sp³-hybridized carbons (Fsp3) is 0.143. The minimum absolute atomic E-state index is 0.127. The maximum Gasteiger partial charge on any atom is 0.283 e. The molecule has 1 aromatic carbocycles. The van der Waals surface area contributed by atoms with Crippen LogP contribution in [-0.2, 0) is 0 Å². The number of nitrogens with one attached hydrogen (secondary N) is 2. The molecule has 0 unspecified atom stereocenters. The molecular weight excluding hydrogens is 326 g/mol. The maximum atomic E-state index is 12.0. The zero-order valence-corrected chi connectivity index (χ0v) is 12.9. The van der Waals surface area contributed by atoms with Gasteiger partial charge in [-0.2, -0.15) is 0 Å². The largest absolute Gasteiger partial charge is 0.466 e. The van der Waals surface area contributed by atoms with E-state index in [2.05, 4.69) is 10.9 Å². The summed E-state index contributed by atoms with van der Waals surface area (Å²) in [4.78, 5) is 34.2. The van der Waals surface area contributed by atoms with Gasteiger partial charge in [-0.1, -0.05) is 11.6 Å². The molecule has 2 amide bonds. The van der Waals surface area contributed by atoms with Gasteiger partial charge in [-0.3, -0.25) is 30.6 Å². The SMILES string of the molecule is Cc1cc(C(=O)NNC(=O)c2ccc(Cl)cc2[N+](=O)[O-])c(C)o1. The molecule has 1 heterocycles. The first kappa shape index (κ1) is 16.5. The van der Waals surface area contributed by atoms with E-state index in [1.54, 1.807) is 13.8 Å². The Morgan fingerprint density at radius 1 is 1.13 bits per heavy atom. The third-order valence-corrected chi connectivity index (χ3v) is 3.21. The van der Waals surface area contributed by atoms with E-state index in [4.69, 9.17) is 16.0 Å². The molecule has 0 spiro atoms. The number of nitro benzene ring substituents is 1. The molecule has 8 nitrogen and oxygen atoms in total. The Morgan fingerprint density at radius 2 is 1.74 bits per heavy atom. The molecule has 2 N–H and O–H groups in total. The van der Waals surface area contributed by atoms with Crippen molar-refractivity contribution in [2.75, 3.05) is 0 Å². The third-order valence-electron chi connectivity index (χ3n) is 2.98. The summed E-state index contributed by atoms with van der Waals surface area (Å²) >= 11 is 5.68. The summed E-state index contributed by atoms with van der Waals surface area (Å²) in [6.07, 6.45) is 0. The lowest BCUT2D eigenvalue weighted by Crippen LogP contribution is -2.41. The number of amides is 2. The van der Waals surface area contributed by atoms with Crippen LogP contribution in [0, 0.1) is 24.0 Å². The van der Waals surface area contributed by atoms with Gasteiger partial charge in [0.1, 0.15) is 17.1 Å². The number of hydrazine groups is 1. The van der Waals surface area contributed by atoms with Gasteiger partial charge >= 0.3 is 0 Å². The molecule has 9 heteroatoms. The fourth-order valence-corrected chi connectivity index (χ4v) is 2.12. The summed E-state index contributed by atoms with van der Waals surface area (Å²) in [5.41, 5.74) is 3.88. The number of nitrogens with zero attached hydrogens (tertiary/aromatic N) is 1. The molecule has 120 valence electrons. The standard InChI is InChI=1S/C14H12ClN3O5/c1-7-5-11(8(2)23-7)14(20)17-16-13(19)10-4-3-9(15)6-12(10)18(21)22/h3-6H,1-2H3,(H,16,19)(H,17,20). The van der Waals surface area contributed by atoms with E-state index < -0.39 is 22.4 Å². The van der Waals surface area contributed by atoms with E-state index in [1.165, 1.54) is 18.2 Å². The van der Waals surface area contributed by atoms with Crippen molar-refractivity contribution in [2.24, 2.45) is 0 Å². The van der Waals surface area contributed by atoms with Crippen molar-refractivity contribution in [1.82, 2.24) is 10.9 Å². The molecule has 0 fully saturated rings. The van der Waals surface area contributed by atoms with E-state index >= 15 is 0 Å². The highest BCUT2D eigenvalue weighted by atomic mass is 35.5. The van der Waals surface area contributed by atoms with Crippen LogP contribution in [0.4, 0.5) is 5.69 Å². The average molecular weight is 338 g/mol. The summed E-state index contributed by atoms with van der Waals surface area (Å²) in [5, 5.41) is 11.1. The van der Waals surface area contributed by atoms with Crippen LogP contribution in [-0.4, -0.2) is 16.7 Å². The Morgan fingerprint density at radius 3 is 2.26 bits per heavy atom. The van der Waals surface area contributed by atoms with Crippen molar-refractivity contribution < 1.29 is 18.9 Å². The number of halogens is 1. The van der Waals surface area contributed by atoms with E-state index in [0.29, 0.717) is 11.5 Å². The molecule has 0 atom stereocenters. The number of carbonyl (C=O) groups excluding carboxylic acids is 2. The van der Waals surface area contributed by atoms with Gasteiger partial charge in [0.05, 0.1) is 10.5 Å². The normalized spacial score (nSPS) is 10.2. The second kappa shape index (κ2) is 6.49. The van der Waals surface area contributed by atoms with Crippen LogP contribution in [0.25, 0.3) is 0 Å². The lowest BCUT2D eigenvalue weighted by Gasteiger charge is -2.07. The van der Waals surface area contributed by atoms with E-state index in [0.717, 1.165) is 6.07 Å². The fourth-order valence-electron chi connectivity index (χ4n) is 1.95. The minimum atomic E-state index is -0.834. The number of nitro groups is 1. The van der Waals surface area contributed by atoms with Gasteiger partial charge < -0.3 is 4.42 Å². The monoisotopic (exact) mass is 337 g/mol. The highest BCUT2D eigenvalue weighted by Crippen LogP contribution is 2.23. The Kier molecular flexibility index (Phi) is 4.65. The van der Waals surface area contributed by atoms with E-state index in [1.807, 2.05) is 0 Å². The van der Waals surface area contributed by atoms with Gasteiger partial charge in [-0.25, -0.2) is 0 Å². The first-order valence-electron chi connectivity index (χ1n) is 6.41. The van der Waals surface area contributed by atoms with Crippen molar-refractivity contribution in [2.45, 2.75) is 13.8 Å². The summed E-state index contributed by atoms with van der Waals surface area (Å²) in [5.74, 6) is -0.483. The van der Waals surface area contributed by atoms with Crippen LogP contribution < -0.4 is 10.9 Å². The molecule has 2 rings (SSSR count). The van der Waals surface area contributed by atoms with Gasteiger partial charge in [0.25, 0.3) is 17.5 Å². The molecule has 0 saturated carbocycles. The predicted molar refractivity (Wildman–Crippen MR) is 81.2 cm³/mol. The topological polar surface area (TPSA) is 114 Å². The van der Waals surface area contributed by atoms with Gasteiger partial charge in [0, 0.05) is 11.1 Å². The zero-order valence-electron chi connectivity index (χ0n) is 12.2.